The molecule has 0 aliphatic carbocycles. The van der Waals surface area contributed by atoms with Gasteiger partial charge in [-0.1, -0.05) is 37.2 Å². The van der Waals surface area contributed by atoms with Crippen LogP contribution in [0.3, 0.4) is 0 Å². The first-order valence-corrected chi connectivity index (χ1v) is 11.4. The number of carbonyl (C=O) groups excluding carboxylic acids is 1. The molecule has 0 aliphatic rings. The lowest BCUT2D eigenvalue weighted by atomic mass is 10.2. The molecule has 0 bridgehead atoms. The molecule has 0 atom stereocenters. The second-order valence-corrected chi connectivity index (χ2v) is 8.11. The fourth-order valence-corrected chi connectivity index (χ4v) is 4.01. The van der Waals surface area contributed by atoms with Crippen LogP contribution in [0.1, 0.15) is 19.8 Å². The molecule has 0 radical (unpaired) electrons. The van der Waals surface area contributed by atoms with E-state index in [1.54, 1.807) is 22.4 Å². The molecule has 7 heteroatoms. The first-order chi connectivity index (χ1) is 13.6. The lowest BCUT2D eigenvalue weighted by molar-refractivity contribution is -0.113. The summed E-state index contributed by atoms with van der Waals surface area (Å²) in [5.74, 6) is 0.0765. The summed E-state index contributed by atoms with van der Waals surface area (Å²) in [7, 11) is 0. The molecule has 0 aliphatic heterocycles. The Hall–Kier alpha value is -2.25. The van der Waals surface area contributed by atoms with Crippen LogP contribution < -0.4 is 10.9 Å². The molecule has 2 aromatic carbocycles. The predicted molar refractivity (Wildman–Crippen MR) is 118 cm³/mol. The fourth-order valence-electron chi connectivity index (χ4n) is 2.77. The average Bonchev–Trinajstić information content (AvgIpc) is 2.72. The summed E-state index contributed by atoms with van der Waals surface area (Å²) in [6, 6.07) is 15.1. The highest BCUT2D eigenvalue weighted by Crippen LogP contribution is 2.20. The van der Waals surface area contributed by atoms with Gasteiger partial charge in [0, 0.05) is 17.1 Å². The first kappa shape index (κ1) is 20.5. The van der Waals surface area contributed by atoms with E-state index < -0.39 is 0 Å². The average molecular weight is 414 g/mol. The van der Waals surface area contributed by atoms with Crippen molar-refractivity contribution in [2.45, 2.75) is 36.4 Å². The van der Waals surface area contributed by atoms with Crippen LogP contribution in [0, 0.1) is 0 Å². The Labute approximate surface area is 172 Å². The van der Waals surface area contributed by atoms with E-state index in [1.165, 1.54) is 11.8 Å². The number of unbranched alkanes of at least 4 members (excludes halogenated alkanes) is 1. The number of nitrogens with zero attached hydrogens (tertiary/aromatic N) is 2. The second kappa shape index (κ2) is 9.80. The van der Waals surface area contributed by atoms with Gasteiger partial charge >= 0.3 is 0 Å². The number of hydrogen-bond acceptors (Lipinski definition) is 5. The van der Waals surface area contributed by atoms with Gasteiger partial charge in [-0.25, -0.2) is 4.98 Å². The van der Waals surface area contributed by atoms with Crippen molar-refractivity contribution in [1.82, 2.24) is 9.55 Å². The number of rotatable bonds is 8. The van der Waals surface area contributed by atoms with E-state index in [0.29, 0.717) is 22.6 Å². The van der Waals surface area contributed by atoms with E-state index >= 15 is 0 Å². The molecular weight excluding hydrogens is 390 g/mol. The van der Waals surface area contributed by atoms with E-state index in [9.17, 15) is 9.59 Å². The Balaban J connectivity index is 1.76. The van der Waals surface area contributed by atoms with Crippen LogP contribution in [0.15, 0.2) is 63.4 Å². The van der Waals surface area contributed by atoms with Gasteiger partial charge in [-0.3, -0.25) is 14.2 Å². The number of thioether (sulfide) groups is 2. The summed E-state index contributed by atoms with van der Waals surface area (Å²) in [5.41, 5.74) is 1.38. The maximum absolute atomic E-state index is 12.9. The van der Waals surface area contributed by atoms with Crippen LogP contribution in [-0.2, 0) is 11.3 Å². The Kier molecular flexibility index (Phi) is 7.17. The molecule has 0 fully saturated rings. The van der Waals surface area contributed by atoms with Gasteiger partial charge in [-0.05, 0) is 49.1 Å². The standard InChI is InChI=1S/C21H23N3O2S2/c1-3-4-13-24-20(26)17-7-5-6-8-18(17)23-21(24)28-14-19(25)22-15-9-11-16(27-2)12-10-15/h5-12H,3-4,13-14H2,1-2H3,(H,22,25). The monoisotopic (exact) mass is 413 g/mol. The van der Waals surface area contributed by atoms with Gasteiger partial charge in [0.25, 0.3) is 5.56 Å². The number of aromatic nitrogens is 2. The third-order valence-electron chi connectivity index (χ3n) is 4.27. The van der Waals surface area contributed by atoms with Gasteiger partial charge in [-0.15, -0.1) is 11.8 Å². The highest BCUT2D eigenvalue weighted by atomic mass is 32.2. The summed E-state index contributed by atoms with van der Waals surface area (Å²) >= 11 is 2.95. The SMILES string of the molecule is CCCCn1c(SCC(=O)Nc2ccc(SC)cc2)nc2ccccc2c1=O. The van der Waals surface area contributed by atoms with Gasteiger partial charge in [0.2, 0.25) is 5.91 Å². The number of nitrogens with one attached hydrogen (secondary N) is 1. The van der Waals surface area contributed by atoms with Gasteiger partial charge in [0.15, 0.2) is 5.16 Å². The molecule has 0 saturated carbocycles. The molecule has 1 heterocycles. The quantitative estimate of drug-likeness (QED) is 0.430. The zero-order valence-electron chi connectivity index (χ0n) is 16.0. The molecule has 5 nitrogen and oxygen atoms in total. The van der Waals surface area contributed by atoms with Crippen molar-refractivity contribution in [3.63, 3.8) is 0 Å². The summed E-state index contributed by atoms with van der Waals surface area (Å²) in [4.78, 5) is 31.0. The summed E-state index contributed by atoms with van der Waals surface area (Å²) < 4.78 is 1.69. The Morgan fingerprint density at radius 2 is 1.89 bits per heavy atom. The molecule has 0 spiro atoms. The summed E-state index contributed by atoms with van der Waals surface area (Å²) in [6.07, 6.45) is 3.89. The third kappa shape index (κ3) is 4.97. The minimum Gasteiger partial charge on any atom is -0.325 e. The van der Waals surface area contributed by atoms with Crippen molar-refractivity contribution in [3.8, 4) is 0 Å². The van der Waals surface area contributed by atoms with Crippen LogP contribution in [0.2, 0.25) is 0 Å². The Morgan fingerprint density at radius 3 is 2.61 bits per heavy atom. The topological polar surface area (TPSA) is 64.0 Å². The van der Waals surface area contributed by atoms with Crippen LogP contribution in [-0.4, -0.2) is 27.5 Å². The maximum Gasteiger partial charge on any atom is 0.262 e. The molecule has 146 valence electrons. The van der Waals surface area contributed by atoms with Gasteiger partial charge in [0.05, 0.1) is 16.7 Å². The van der Waals surface area contributed by atoms with E-state index in [0.717, 1.165) is 23.4 Å². The number of fused-ring (bicyclic) bond motifs is 1. The number of benzene rings is 2. The molecule has 28 heavy (non-hydrogen) atoms. The maximum atomic E-state index is 12.9. The number of hydrogen-bond donors (Lipinski definition) is 1. The summed E-state index contributed by atoms with van der Waals surface area (Å²) in [5, 5.41) is 4.09. The van der Waals surface area contributed by atoms with Crippen LogP contribution in [0.4, 0.5) is 5.69 Å². The van der Waals surface area contributed by atoms with Crippen molar-refractivity contribution in [2.75, 3.05) is 17.3 Å². The van der Waals surface area contributed by atoms with Crippen molar-refractivity contribution in [1.29, 1.82) is 0 Å². The van der Waals surface area contributed by atoms with Crippen LogP contribution in [0.25, 0.3) is 10.9 Å². The predicted octanol–water partition coefficient (Wildman–Crippen LogP) is 4.65. The van der Waals surface area contributed by atoms with Gasteiger partial charge in [-0.2, -0.15) is 0 Å². The Morgan fingerprint density at radius 1 is 1.14 bits per heavy atom. The molecule has 3 aromatic rings. The highest BCUT2D eigenvalue weighted by Gasteiger charge is 2.13. The molecule has 0 unspecified atom stereocenters. The third-order valence-corrected chi connectivity index (χ3v) is 5.99. The van der Waals surface area contributed by atoms with Crippen molar-refractivity contribution in [2.24, 2.45) is 0 Å². The van der Waals surface area contributed by atoms with Crippen molar-refractivity contribution < 1.29 is 4.79 Å². The van der Waals surface area contributed by atoms with Crippen molar-refractivity contribution in [3.05, 3.63) is 58.9 Å². The number of anilines is 1. The van der Waals surface area contributed by atoms with E-state index in [1.807, 2.05) is 48.7 Å². The lowest BCUT2D eigenvalue weighted by Gasteiger charge is -2.13. The molecular formula is C21H23N3O2S2. The molecule has 0 saturated heterocycles. The normalized spacial score (nSPS) is 10.9. The largest absolute Gasteiger partial charge is 0.325 e. The zero-order chi connectivity index (χ0) is 19.9. The van der Waals surface area contributed by atoms with E-state index in [2.05, 4.69) is 17.2 Å². The number of carbonyl (C=O) groups is 1. The van der Waals surface area contributed by atoms with Gasteiger partial charge in [0.1, 0.15) is 0 Å². The lowest BCUT2D eigenvalue weighted by Crippen LogP contribution is -2.24. The van der Waals surface area contributed by atoms with E-state index in [4.69, 9.17) is 0 Å². The second-order valence-electron chi connectivity index (χ2n) is 6.29. The molecule has 1 N–H and O–H groups in total. The molecule has 1 amide bonds. The van der Waals surface area contributed by atoms with Crippen molar-refractivity contribution >= 4 is 46.0 Å². The minimum absolute atomic E-state index is 0.0467. The minimum atomic E-state index is -0.119. The number of para-hydroxylation sites is 1. The Bertz CT molecular complexity index is 1020. The molecule has 3 rings (SSSR count). The first-order valence-electron chi connectivity index (χ1n) is 9.18. The number of amides is 1. The summed E-state index contributed by atoms with van der Waals surface area (Å²) in [6.45, 7) is 2.69. The van der Waals surface area contributed by atoms with E-state index in [-0.39, 0.29) is 17.2 Å². The van der Waals surface area contributed by atoms with Gasteiger partial charge < -0.3 is 5.32 Å². The smallest absolute Gasteiger partial charge is 0.262 e. The zero-order valence-corrected chi connectivity index (χ0v) is 17.6. The highest BCUT2D eigenvalue weighted by molar-refractivity contribution is 7.99. The molecule has 1 aromatic heterocycles. The fraction of sp³-hybridized carbons (Fsp3) is 0.286. The van der Waals surface area contributed by atoms with Crippen LogP contribution in [0.5, 0.6) is 0 Å². The van der Waals surface area contributed by atoms with Crippen LogP contribution >= 0.6 is 23.5 Å².